The van der Waals surface area contributed by atoms with Crippen LogP contribution in [0.2, 0.25) is 0 Å². The first-order chi connectivity index (χ1) is 10.3. The molecule has 21 heavy (non-hydrogen) atoms. The van der Waals surface area contributed by atoms with Gasteiger partial charge in [0.2, 0.25) is 0 Å². The van der Waals surface area contributed by atoms with Gasteiger partial charge in [0.15, 0.2) is 0 Å². The van der Waals surface area contributed by atoms with E-state index in [1.807, 2.05) is 66.7 Å². The Kier molecular flexibility index (Phi) is 3.79. The molecule has 0 aromatic heterocycles. The topological polar surface area (TPSA) is 29.1 Å². The molecule has 0 saturated carbocycles. The third kappa shape index (κ3) is 3.18. The quantitative estimate of drug-likeness (QED) is 0.752. The fraction of sp³-hybridized carbons (Fsp3) is 0. The zero-order chi connectivity index (χ0) is 14.5. The summed E-state index contributed by atoms with van der Waals surface area (Å²) in [5.74, 6) is -0.110. The minimum atomic E-state index is -0.110. The van der Waals surface area contributed by atoms with Crippen LogP contribution in [0, 0.1) is 6.07 Å². The standard InChI is InChI=1S/C19H14NO/c21-19(16-10-5-2-6-11-16)20-18-13-7-12-17(14-18)15-8-3-1-4-9-15/h1-11,13-14H,(H,20,21). The SMILES string of the molecule is O=C(Nc1cc[c]c(-c2ccccc2)c1)c1ccccc1. The third-order valence-electron chi connectivity index (χ3n) is 3.18. The number of carbonyl (C=O) groups excluding carboxylic acids is 1. The molecule has 1 N–H and O–H groups in total. The molecule has 0 heterocycles. The average molecular weight is 272 g/mol. The minimum absolute atomic E-state index is 0.110. The van der Waals surface area contributed by atoms with Crippen LogP contribution in [0.4, 0.5) is 5.69 Å². The fourth-order valence-corrected chi connectivity index (χ4v) is 2.12. The van der Waals surface area contributed by atoms with Crippen LogP contribution in [-0.2, 0) is 0 Å². The molecule has 2 nitrogen and oxygen atoms in total. The Morgan fingerprint density at radius 2 is 1.52 bits per heavy atom. The molecule has 1 amide bonds. The number of anilines is 1. The fourth-order valence-electron chi connectivity index (χ4n) is 2.12. The maximum Gasteiger partial charge on any atom is 0.255 e. The zero-order valence-electron chi connectivity index (χ0n) is 11.4. The van der Waals surface area contributed by atoms with E-state index in [2.05, 4.69) is 11.4 Å². The normalized spacial score (nSPS) is 10.1. The van der Waals surface area contributed by atoms with Crippen molar-refractivity contribution >= 4 is 11.6 Å². The van der Waals surface area contributed by atoms with Gasteiger partial charge >= 0.3 is 0 Å². The second-order valence-electron chi connectivity index (χ2n) is 4.68. The summed E-state index contributed by atoms with van der Waals surface area (Å²) in [5.41, 5.74) is 3.45. The molecule has 1 radical (unpaired) electrons. The number of hydrogen-bond acceptors (Lipinski definition) is 1. The van der Waals surface area contributed by atoms with Gasteiger partial charge in [0.05, 0.1) is 0 Å². The van der Waals surface area contributed by atoms with Crippen LogP contribution in [0.15, 0.2) is 78.9 Å². The van der Waals surface area contributed by atoms with Crippen LogP contribution in [0.1, 0.15) is 10.4 Å². The third-order valence-corrected chi connectivity index (χ3v) is 3.18. The van der Waals surface area contributed by atoms with Crippen LogP contribution in [0.5, 0.6) is 0 Å². The number of rotatable bonds is 3. The predicted molar refractivity (Wildman–Crippen MR) is 85.1 cm³/mol. The summed E-state index contributed by atoms with van der Waals surface area (Å²) in [6, 6.07) is 27.9. The van der Waals surface area contributed by atoms with Crippen molar-refractivity contribution in [3.63, 3.8) is 0 Å². The highest BCUT2D eigenvalue weighted by molar-refractivity contribution is 6.04. The van der Waals surface area contributed by atoms with Crippen molar-refractivity contribution in [2.24, 2.45) is 0 Å². The Morgan fingerprint density at radius 1 is 0.857 bits per heavy atom. The number of nitrogens with one attached hydrogen (secondary N) is 1. The van der Waals surface area contributed by atoms with Crippen molar-refractivity contribution in [2.75, 3.05) is 5.32 Å². The van der Waals surface area contributed by atoms with Gasteiger partial charge in [0.1, 0.15) is 0 Å². The molecule has 0 spiro atoms. The summed E-state index contributed by atoms with van der Waals surface area (Å²) in [6.45, 7) is 0. The lowest BCUT2D eigenvalue weighted by Crippen LogP contribution is -2.11. The molecule has 0 aliphatic carbocycles. The molecule has 3 aromatic rings. The summed E-state index contributed by atoms with van der Waals surface area (Å²) in [7, 11) is 0. The Balaban J connectivity index is 1.83. The molecule has 0 aliphatic heterocycles. The first-order valence-corrected chi connectivity index (χ1v) is 6.76. The van der Waals surface area contributed by atoms with Crippen LogP contribution < -0.4 is 5.32 Å². The van der Waals surface area contributed by atoms with E-state index >= 15 is 0 Å². The molecular formula is C19H14NO. The van der Waals surface area contributed by atoms with Gasteiger partial charge in [-0.2, -0.15) is 0 Å². The first-order valence-electron chi connectivity index (χ1n) is 6.76. The Morgan fingerprint density at radius 3 is 2.24 bits per heavy atom. The molecule has 0 unspecified atom stereocenters. The van der Waals surface area contributed by atoms with Gasteiger partial charge in [0.25, 0.3) is 5.91 Å². The summed E-state index contributed by atoms with van der Waals surface area (Å²) in [4.78, 5) is 12.1. The molecule has 3 rings (SSSR count). The highest BCUT2D eigenvalue weighted by Crippen LogP contribution is 2.22. The summed E-state index contributed by atoms with van der Waals surface area (Å²) >= 11 is 0. The van der Waals surface area contributed by atoms with Gasteiger partial charge in [-0.3, -0.25) is 4.79 Å². The van der Waals surface area contributed by atoms with Crippen molar-refractivity contribution in [3.8, 4) is 11.1 Å². The van der Waals surface area contributed by atoms with E-state index in [1.54, 1.807) is 12.1 Å². The monoisotopic (exact) mass is 272 g/mol. The number of carbonyl (C=O) groups is 1. The van der Waals surface area contributed by atoms with Gasteiger partial charge < -0.3 is 5.32 Å². The van der Waals surface area contributed by atoms with Gasteiger partial charge in [-0.15, -0.1) is 0 Å². The van der Waals surface area contributed by atoms with E-state index in [9.17, 15) is 4.79 Å². The van der Waals surface area contributed by atoms with Crippen LogP contribution in [-0.4, -0.2) is 5.91 Å². The lowest BCUT2D eigenvalue weighted by atomic mass is 10.1. The lowest BCUT2D eigenvalue weighted by Gasteiger charge is -2.07. The molecule has 3 aromatic carbocycles. The van der Waals surface area contributed by atoms with Gasteiger partial charge in [-0.25, -0.2) is 0 Å². The molecule has 101 valence electrons. The van der Waals surface area contributed by atoms with Crippen LogP contribution in [0.25, 0.3) is 11.1 Å². The number of amides is 1. The van der Waals surface area contributed by atoms with Gasteiger partial charge in [0, 0.05) is 11.3 Å². The Hall–Kier alpha value is -2.87. The smallest absolute Gasteiger partial charge is 0.255 e. The molecule has 0 atom stereocenters. The minimum Gasteiger partial charge on any atom is -0.322 e. The zero-order valence-corrected chi connectivity index (χ0v) is 11.4. The maximum absolute atomic E-state index is 12.1. The Labute approximate surface area is 124 Å². The average Bonchev–Trinajstić information content (AvgIpc) is 2.57. The van der Waals surface area contributed by atoms with Crippen molar-refractivity contribution in [1.29, 1.82) is 0 Å². The summed E-state index contributed by atoms with van der Waals surface area (Å²) in [6.07, 6.45) is 0. The van der Waals surface area contributed by atoms with E-state index in [0.717, 1.165) is 16.8 Å². The molecule has 0 saturated heterocycles. The molecule has 0 aliphatic rings. The van der Waals surface area contributed by atoms with Crippen molar-refractivity contribution in [1.82, 2.24) is 0 Å². The van der Waals surface area contributed by atoms with E-state index in [0.29, 0.717) is 5.56 Å². The highest BCUT2D eigenvalue weighted by Gasteiger charge is 2.06. The van der Waals surface area contributed by atoms with E-state index in [1.165, 1.54) is 0 Å². The largest absolute Gasteiger partial charge is 0.322 e. The molecule has 0 bridgehead atoms. The maximum atomic E-state index is 12.1. The van der Waals surface area contributed by atoms with Crippen molar-refractivity contribution < 1.29 is 4.79 Å². The van der Waals surface area contributed by atoms with Gasteiger partial charge in [-0.1, -0.05) is 54.6 Å². The van der Waals surface area contributed by atoms with E-state index in [4.69, 9.17) is 0 Å². The predicted octanol–water partition coefficient (Wildman–Crippen LogP) is 4.41. The Bertz CT molecular complexity index is 736. The highest BCUT2D eigenvalue weighted by atomic mass is 16.1. The summed E-state index contributed by atoms with van der Waals surface area (Å²) < 4.78 is 0. The van der Waals surface area contributed by atoms with Crippen LogP contribution >= 0.6 is 0 Å². The number of benzene rings is 3. The summed E-state index contributed by atoms with van der Waals surface area (Å²) in [5, 5.41) is 2.91. The number of hydrogen-bond donors (Lipinski definition) is 1. The molecular weight excluding hydrogens is 258 g/mol. The van der Waals surface area contributed by atoms with Crippen molar-refractivity contribution in [3.05, 3.63) is 90.5 Å². The van der Waals surface area contributed by atoms with E-state index < -0.39 is 0 Å². The molecule has 0 fully saturated rings. The van der Waals surface area contributed by atoms with Crippen LogP contribution in [0.3, 0.4) is 0 Å². The second kappa shape index (κ2) is 6.06. The van der Waals surface area contributed by atoms with E-state index in [-0.39, 0.29) is 5.91 Å². The second-order valence-corrected chi connectivity index (χ2v) is 4.68. The first kappa shape index (κ1) is 13.1. The lowest BCUT2D eigenvalue weighted by molar-refractivity contribution is 0.102. The van der Waals surface area contributed by atoms with Crippen molar-refractivity contribution in [2.45, 2.75) is 0 Å². The van der Waals surface area contributed by atoms with Gasteiger partial charge in [-0.05, 0) is 41.5 Å². The molecule has 2 heteroatoms.